The van der Waals surface area contributed by atoms with Gasteiger partial charge in [-0.25, -0.2) is 4.99 Å². The maximum atomic E-state index is 5.74. The average Bonchev–Trinajstić information content (AvgIpc) is 2.88. The number of aliphatic imine (C=N–C) groups is 1. The first kappa shape index (κ1) is 12.5. The van der Waals surface area contributed by atoms with E-state index in [-0.39, 0.29) is 5.54 Å². The molecule has 3 heteroatoms. The van der Waals surface area contributed by atoms with Gasteiger partial charge < -0.3 is 10.5 Å². The molecule has 4 rings (SSSR count). The fraction of sp³-hybridized carbons (Fsp3) is 0.278. The molecule has 0 bridgehead atoms. The minimum Gasteiger partial charge on any atom is -0.463 e. The predicted molar refractivity (Wildman–Crippen MR) is 84.2 cm³/mol. The molecule has 1 atom stereocenters. The average molecular weight is 278 g/mol. The smallest absolute Gasteiger partial charge is 0.282 e. The Morgan fingerprint density at radius 1 is 1.05 bits per heavy atom. The summed E-state index contributed by atoms with van der Waals surface area (Å²) in [6.45, 7) is 0.612. The third-order valence-electron chi connectivity index (χ3n) is 4.56. The van der Waals surface area contributed by atoms with Gasteiger partial charge in [-0.05, 0) is 35.1 Å². The molecule has 1 aliphatic heterocycles. The molecule has 1 aliphatic carbocycles. The fourth-order valence-electron chi connectivity index (χ4n) is 3.48. The van der Waals surface area contributed by atoms with Crippen LogP contribution < -0.4 is 5.73 Å². The first-order chi connectivity index (χ1) is 10.3. The summed E-state index contributed by atoms with van der Waals surface area (Å²) in [4.78, 5) is 4.59. The molecular weight excluding hydrogens is 260 g/mol. The first-order valence-corrected chi connectivity index (χ1v) is 7.40. The molecule has 0 saturated carbocycles. The monoisotopic (exact) mass is 278 g/mol. The molecule has 2 aromatic carbocycles. The highest BCUT2D eigenvalue weighted by Crippen LogP contribution is 2.38. The molecule has 0 aromatic heterocycles. The summed E-state index contributed by atoms with van der Waals surface area (Å²) in [7, 11) is 0. The molecule has 0 unspecified atom stereocenters. The Morgan fingerprint density at radius 2 is 1.90 bits per heavy atom. The standard InChI is InChI=1S/C18H18N2O/c19-17-20-18(12-21-17)10-9-14-7-4-8-15(16(14)11-18)13-5-2-1-3-6-13/h1-8H,9-12H2,(H2,19,20)/t18-/m1/s1. The molecule has 2 N–H and O–H groups in total. The summed E-state index contributed by atoms with van der Waals surface area (Å²) < 4.78 is 5.43. The van der Waals surface area contributed by atoms with Crippen LogP contribution in [0.3, 0.4) is 0 Å². The lowest BCUT2D eigenvalue weighted by molar-refractivity contribution is 0.235. The van der Waals surface area contributed by atoms with Crippen molar-refractivity contribution < 1.29 is 4.74 Å². The second-order valence-electron chi connectivity index (χ2n) is 5.95. The fourth-order valence-corrected chi connectivity index (χ4v) is 3.48. The zero-order valence-corrected chi connectivity index (χ0v) is 11.9. The van der Waals surface area contributed by atoms with E-state index in [0.717, 1.165) is 19.3 Å². The van der Waals surface area contributed by atoms with E-state index in [1.165, 1.54) is 22.3 Å². The Hall–Kier alpha value is -2.29. The largest absolute Gasteiger partial charge is 0.463 e. The summed E-state index contributed by atoms with van der Waals surface area (Å²) in [6, 6.07) is 17.5. The molecule has 3 nitrogen and oxygen atoms in total. The highest BCUT2D eigenvalue weighted by atomic mass is 16.5. The summed E-state index contributed by atoms with van der Waals surface area (Å²) in [5, 5.41) is 0. The van der Waals surface area contributed by atoms with Crippen molar-refractivity contribution in [3.63, 3.8) is 0 Å². The number of nitrogens with zero attached hydrogens (tertiary/aromatic N) is 1. The molecule has 106 valence electrons. The number of amidine groups is 1. The van der Waals surface area contributed by atoms with Gasteiger partial charge in [-0.15, -0.1) is 0 Å². The van der Waals surface area contributed by atoms with E-state index in [4.69, 9.17) is 10.5 Å². The van der Waals surface area contributed by atoms with Crippen LogP contribution in [-0.2, 0) is 17.6 Å². The molecule has 21 heavy (non-hydrogen) atoms. The van der Waals surface area contributed by atoms with Gasteiger partial charge in [0.1, 0.15) is 12.1 Å². The van der Waals surface area contributed by atoms with E-state index in [0.29, 0.717) is 12.6 Å². The Morgan fingerprint density at radius 3 is 2.67 bits per heavy atom. The van der Waals surface area contributed by atoms with E-state index in [1.54, 1.807) is 0 Å². The number of hydrogen-bond donors (Lipinski definition) is 1. The molecule has 0 radical (unpaired) electrons. The maximum absolute atomic E-state index is 5.74. The summed E-state index contributed by atoms with van der Waals surface area (Å²) in [5.74, 6) is 0. The van der Waals surface area contributed by atoms with Crippen LogP contribution in [-0.4, -0.2) is 18.2 Å². The molecule has 0 amide bonds. The van der Waals surface area contributed by atoms with E-state index >= 15 is 0 Å². The summed E-state index contributed by atoms with van der Waals surface area (Å²) in [5.41, 5.74) is 11.0. The molecule has 1 spiro atoms. The topological polar surface area (TPSA) is 47.6 Å². The number of aryl methyl sites for hydroxylation is 1. The molecule has 2 aromatic rings. The van der Waals surface area contributed by atoms with Gasteiger partial charge >= 0.3 is 0 Å². The SMILES string of the molecule is NC1=N[C@@]2(CCc3cccc(-c4ccccc4)c3C2)CO1. The van der Waals surface area contributed by atoms with Crippen molar-refractivity contribution in [2.45, 2.75) is 24.8 Å². The minimum atomic E-state index is -0.151. The predicted octanol–water partition coefficient (Wildman–Crippen LogP) is 2.93. The Bertz CT molecular complexity index is 708. The Balaban J connectivity index is 1.80. The molecule has 0 fully saturated rings. The normalized spacial score (nSPS) is 23.5. The van der Waals surface area contributed by atoms with Crippen molar-refractivity contribution in [2.24, 2.45) is 10.7 Å². The summed E-state index contributed by atoms with van der Waals surface area (Å²) in [6.07, 6.45) is 2.96. The van der Waals surface area contributed by atoms with Crippen molar-refractivity contribution in [2.75, 3.05) is 6.61 Å². The van der Waals surface area contributed by atoms with Gasteiger partial charge in [0.2, 0.25) is 0 Å². The van der Waals surface area contributed by atoms with Crippen molar-refractivity contribution in [1.82, 2.24) is 0 Å². The highest BCUT2D eigenvalue weighted by molar-refractivity contribution is 5.75. The zero-order chi connectivity index (χ0) is 14.3. The first-order valence-electron chi connectivity index (χ1n) is 7.40. The van der Waals surface area contributed by atoms with Crippen LogP contribution in [0.5, 0.6) is 0 Å². The van der Waals surface area contributed by atoms with Gasteiger partial charge in [0, 0.05) is 6.42 Å². The highest BCUT2D eigenvalue weighted by Gasteiger charge is 2.40. The molecule has 1 heterocycles. The lowest BCUT2D eigenvalue weighted by Crippen LogP contribution is -2.35. The van der Waals surface area contributed by atoms with Gasteiger partial charge in [-0.3, -0.25) is 0 Å². The lowest BCUT2D eigenvalue weighted by atomic mass is 9.76. The van der Waals surface area contributed by atoms with Crippen LogP contribution in [0.15, 0.2) is 53.5 Å². The quantitative estimate of drug-likeness (QED) is 0.872. The van der Waals surface area contributed by atoms with Crippen LogP contribution in [0.4, 0.5) is 0 Å². The van der Waals surface area contributed by atoms with Crippen molar-refractivity contribution >= 4 is 6.02 Å². The Kier molecular flexibility index (Phi) is 2.74. The number of ether oxygens (including phenoxy) is 1. The van der Waals surface area contributed by atoms with Gasteiger partial charge in [-0.1, -0.05) is 48.5 Å². The second-order valence-corrected chi connectivity index (χ2v) is 5.95. The summed E-state index contributed by atoms with van der Waals surface area (Å²) >= 11 is 0. The Labute approximate surface area is 124 Å². The van der Waals surface area contributed by atoms with Crippen LogP contribution in [0.1, 0.15) is 17.5 Å². The van der Waals surface area contributed by atoms with Crippen LogP contribution in [0.25, 0.3) is 11.1 Å². The minimum absolute atomic E-state index is 0.151. The number of nitrogens with two attached hydrogens (primary N) is 1. The van der Waals surface area contributed by atoms with Crippen LogP contribution in [0.2, 0.25) is 0 Å². The maximum Gasteiger partial charge on any atom is 0.282 e. The number of hydrogen-bond acceptors (Lipinski definition) is 3. The van der Waals surface area contributed by atoms with Crippen molar-refractivity contribution in [1.29, 1.82) is 0 Å². The van der Waals surface area contributed by atoms with E-state index in [1.807, 2.05) is 0 Å². The number of benzene rings is 2. The van der Waals surface area contributed by atoms with Gasteiger partial charge in [0.15, 0.2) is 0 Å². The molecular formula is C18H18N2O. The van der Waals surface area contributed by atoms with E-state index in [9.17, 15) is 0 Å². The number of rotatable bonds is 1. The van der Waals surface area contributed by atoms with Crippen molar-refractivity contribution in [3.05, 3.63) is 59.7 Å². The van der Waals surface area contributed by atoms with Crippen LogP contribution >= 0.6 is 0 Å². The van der Waals surface area contributed by atoms with Crippen molar-refractivity contribution in [3.8, 4) is 11.1 Å². The second kappa shape index (κ2) is 4.62. The molecule has 0 saturated heterocycles. The van der Waals surface area contributed by atoms with E-state index in [2.05, 4.69) is 53.5 Å². The van der Waals surface area contributed by atoms with Gasteiger partial charge in [0.05, 0.1) is 0 Å². The van der Waals surface area contributed by atoms with E-state index < -0.39 is 0 Å². The zero-order valence-electron chi connectivity index (χ0n) is 11.9. The molecule has 2 aliphatic rings. The van der Waals surface area contributed by atoms with Gasteiger partial charge in [-0.2, -0.15) is 0 Å². The number of fused-ring (bicyclic) bond motifs is 1. The van der Waals surface area contributed by atoms with Gasteiger partial charge in [0.25, 0.3) is 6.02 Å². The third kappa shape index (κ3) is 2.09. The van der Waals surface area contributed by atoms with Crippen LogP contribution in [0, 0.1) is 0 Å². The third-order valence-corrected chi connectivity index (χ3v) is 4.56. The lowest BCUT2D eigenvalue weighted by Gasteiger charge is -2.31.